The highest BCUT2D eigenvalue weighted by atomic mass is 32.2. The molecule has 5 heteroatoms. The van der Waals surface area contributed by atoms with E-state index >= 15 is 0 Å². The van der Waals surface area contributed by atoms with Crippen molar-refractivity contribution < 1.29 is 12.6 Å². The zero-order valence-corrected chi connectivity index (χ0v) is 18.8. The molecule has 0 radical (unpaired) electrons. The van der Waals surface area contributed by atoms with E-state index in [2.05, 4.69) is 32.6 Å². The van der Waals surface area contributed by atoms with Crippen LogP contribution < -0.4 is 0 Å². The topological polar surface area (TPSA) is 46.6 Å². The highest BCUT2D eigenvalue weighted by Gasteiger charge is 2.13. The van der Waals surface area contributed by atoms with E-state index in [0.29, 0.717) is 0 Å². The lowest BCUT2D eigenvalue weighted by Gasteiger charge is -2.13. The average molecular weight is 400 g/mol. The molecular weight excluding hydrogens is 358 g/mol. The standard InChI is InChI=1S/C16H26O3S.C6H15N/c1-2-3-4-5-6-7-8-12-15-19-20(17,18)16-13-10-9-11-14-16;1-4-7(5-2)6-3/h9-11,13-14H,2-8,12,15H2,1H3;4-6H2,1-3H3. The molecule has 1 aromatic rings. The molecular formula is C22H41NO3S. The van der Waals surface area contributed by atoms with Crippen LogP contribution in [0.5, 0.6) is 0 Å². The normalized spacial score (nSPS) is 11.3. The maximum absolute atomic E-state index is 11.8. The number of rotatable bonds is 14. The van der Waals surface area contributed by atoms with Crippen molar-refractivity contribution in [2.24, 2.45) is 0 Å². The quantitative estimate of drug-likeness (QED) is 0.289. The Morgan fingerprint density at radius 1 is 0.741 bits per heavy atom. The zero-order chi connectivity index (χ0) is 20.4. The molecule has 0 spiro atoms. The van der Waals surface area contributed by atoms with E-state index in [1.54, 1.807) is 30.3 Å². The van der Waals surface area contributed by atoms with Gasteiger partial charge in [-0.05, 0) is 38.2 Å². The van der Waals surface area contributed by atoms with Crippen LogP contribution in [0.25, 0.3) is 0 Å². The Hall–Kier alpha value is -0.910. The fourth-order valence-corrected chi connectivity index (χ4v) is 3.69. The summed E-state index contributed by atoms with van der Waals surface area (Å²) < 4.78 is 28.7. The van der Waals surface area contributed by atoms with E-state index in [1.165, 1.54) is 58.2 Å². The van der Waals surface area contributed by atoms with Gasteiger partial charge in [-0.1, -0.05) is 90.8 Å². The molecule has 0 saturated carbocycles. The van der Waals surface area contributed by atoms with Gasteiger partial charge in [0, 0.05) is 0 Å². The predicted molar refractivity (Wildman–Crippen MR) is 116 cm³/mol. The fraction of sp³-hybridized carbons (Fsp3) is 0.727. The first-order chi connectivity index (χ1) is 13.0. The van der Waals surface area contributed by atoms with Gasteiger partial charge >= 0.3 is 0 Å². The second-order valence-corrected chi connectivity index (χ2v) is 8.30. The van der Waals surface area contributed by atoms with Crippen molar-refractivity contribution in [3.63, 3.8) is 0 Å². The number of unbranched alkanes of at least 4 members (excludes halogenated alkanes) is 7. The van der Waals surface area contributed by atoms with Gasteiger partial charge in [0.2, 0.25) is 0 Å². The molecule has 0 heterocycles. The summed E-state index contributed by atoms with van der Waals surface area (Å²) in [6.07, 6.45) is 9.44. The number of hydrogen-bond acceptors (Lipinski definition) is 4. The smallest absolute Gasteiger partial charge is 0.296 e. The van der Waals surface area contributed by atoms with Gasteiger partial charge in [-0.15, -0.1) is 0 Å². The lowest BCUT2D eigenvalue weighted by molar-refractivity contribution is 0.306. The van der Waals surface area contributed by atoms with E-state index in [4.69, 9.17) is 4.18 Å². The Balaban J connectivity index is 0.000000821. The lowest BCUT2D eigenvalue weighted by Crippen LogP contribution is -2.21. The average Bonchev–Trinajstić information content (AvgIpc) is 2.69. The van der Waals surface area contributed by atoms with Gasteiger partial charge in [0.15, 0.2) is 0 Å². The minimum Gasteiger partial charge on any atom is -0.304 e. The predicted octanol–water partition coefficient (Wildman–Crippen LogP) is 5.88. The van der Waals surface area contributed by atoms with Crippen LogP contribution >= 0.6 is 0 Å². The summed E-state index contributed by atoms with van der Waals surface area (Å²) >= 11 is 0. The van der Waals surface area contributed by atoms with Crippen molar-refractivity contribution in [1.82, 2.24) is 4.90 Å². The molecule has 0 amide bonds. The van der Waals surface area contributed by atoms with Gasteiger partial charge in [-0.3, -0.25) is 4.18 Å². The van der Waals surface area contributed by atoms with Gasteiger partial charge in [0.05, 0.1) is 11.5 Å². The molecule has 0 atom stereocenters. The van der Waals surface area contributed by atoms with E-state index in [9.17, 15) is 8.42 Å². The Kier molecular flexibility index (Phi) is 16.6. The van der Waals surface area contributed by atoms with Crippen molar-refractivity contribution in [3.05, 3.63) is 30.3 Å². The van der Waals surface area contributed by atoms with Crippen molar-refractivity contribution in [3.8, 4) is 0 Å². The first-order valence-corrected chi connectivity index (χ1v) is 12.1. The molecule has 0 aliphatic rings. The summed E-state index contributed by atoms with van der Waals surface area (Å²) in [5.41, 5.74) is 0. The number of hydrogen-bond donors (Lipinski definition) is 0. The van der Waals surface area contributed by atoms with Gasteiger partial charge in [-0.25, -0.2) is 0 Å². The summed E-state index contributed by atoms with van der Waals surface area (Å²) in [5, 5.41) is 0. The van der Waals surface area contributed by atoms with Crippen molar-refractivity contribution in [1.29, 1.82) is 0 Å². The first-order valence-electron chi connectivity index (χ1n) is 10.7. The highest BCUT2D eigenvalue weighted by molar-refractivity contribution is 7.86. The maximum Gasteiger partial charge on any atom is 0.296 e. The van der Waals surface area contributed by atoms with Gasteiger partial charge in [-0.2, -0.15) is 8.42 Å². The van der Waals surface area contributed by atoms with Crippen LogP contribution in [-0.2, 0) is 14.3 Å². The molecule has 0 unspecified atom stereocenters. The molecule has 158 valence electrons. The summed E-state index contributed by atoms with van der Waals surface area (Å²) in [6.45, 7) is 12.6. The second-order valence-electron chi connectivity index (χ2n) is 6.68. The molecule has 0 N–H and O–H groups in total. The van der Waals surface area contributed by atoms with Crippen molar-refractivity contribution in [2.75, 3.05) is 26.2 Å². The third kappa shape index (κ3) is 13.8. The molecule has 4 nitrogen and oxygen atoms in total. The summed E-state index contributed by atoms with van der Waals surface area (Å²) in [7, 11) is -3.57. The van der Waals surface area contributed by atoms with Gasteiger partial charge < -0.3 is 4.90 Å². The van der Waals surface area contributed by atoms with Gasteiger partial charge in [0.25, 0.3) is 10.1 Å². The fourth-order valence-electron chi connectivity index (χ4n) is 2.73. The first kappa shape index (κ1) is 26.1. The van der Waals surface area contributed by atoms with E-state index in [0.717, 1.165) is 12.8 Å². The van der Waals surface area contributed by atoms with Crippen LogP contribution in [0, 0.1) is 0 Å². The SMILES string of the molecule is CCCCCCCCCCOS(=O)(=O)c1ccccc1.CCN(CC)CC. The summed E-state index contributed by atoms with van der Waals surface area (Å²) in [4.78, 5) is 2.61. The zero-order valence-electron chi connectivity index (χ0n) is 18.0. The maximum atomic E-state index is 11.8. The monoisotopic (exact) mass is 399 g/mol. The van der Waals surface area contributed by atoms with Crippen LogP contribution in [0.2, 0.25) is 0 Å². The molecule has 0 aliphatic heterocycles. The minimum atomic E-state index is -3.57. The van der Waals surface area contributed by atoms with Crippen LogP contribution in [0.3, 0.4) is 0 Å². The Morgan fingerprint density at radius 2 is 1.22 bits per heavy atom. The van der Waals surface area contributed by atoms with Crippen molar-refractivity contribution >= 4 is 10.1 Å². The Labute approximate surface area is 168 Å². The van der Waals surface area contributed by atoms with Crippen LogP contribution in [0.1, 0.15) is 79.1 Å². The largest absolute Gasteiger partial charge is 0.304 e. The summed E-state index contributed by atoms with van der Waals surface area (Å²) in [5.74, 6) is 0. The van der Waals surface area contributed by atoms with Crippen molar-refractivity contribution in [2.45, 2.75) is 84.0 Å². The third-order valence-corrected chi connectivity index (χ3v) is 5.94. The minimum absolute atomic E-state index is 0.236. The summed E-state index contributed by atoms with van der Waals surface area (Å²) in [6, 6.07) is 8.31. The Bertz CT molecular complexity index is 522. The van der Waals surface area contributed by atoms with E-state index in [-0.39, 0.29) is 11.5 Å². The molecule has 0 fully saturated rings. The second kappa shape index (κ2) is 17.2. The molecule has 0 saturated heterocycles. The molecule has 0 bridgehead atoms. The number of nitrogens with zero attached hydrogens (tertiary/aromatic N) is 1. The lowest BCUT2D eigenvalue weighted by atomic mass is 10.1. The van der Waals surface area contributed by atoms with Gasteiger partial charge in [0.1, 0.15) is 0 Å². The Morgan fingerprint density at radius 3 is 1.67 bits per heavy atom. The number of benzene rings is 1. The van der Waals surface area contributed by atoms with E-state index < -0.39 is 10.1 Å². The third-order valence-electron chi connectivity index (χ3n) is 4.61. The molecule has 0 aromatic heterocycles. The molecule has 1 aromatic carbocycles. The highest BCUT2D eigenvalue weighted by Crippen LogP contribution is 2.13. The van der Waals surface area contributed by atoms with E-state index in [1.807, 2.05) is 0 Å². The van der Waals surface area contributed by atoms with Crippen LogP contribution in [0.15, 0.2) is 35.2 Å². The molecule has 27 heavy (non-hydrogen) atoms. The van der Waals surface area contributed by atoms with Crippen LogP contribution in [0.4, 0.5) is 0 Å². The van der Waals surface area contributed by atoms with Crippen LogP contribution in [-0.4, -0.2) is 39.6 Å². The molecule has 1 rings (SSSR count). The molecule has 0 aliphatic carbocycles.